The van der Waals surface area contributed by atoms with E-state index in [9.17, 15) is 4.79 Å². The minimum atomic E-state index is -0.192. The third-order valence-corrected chi connectivity index (χ3v) is 2.42. The van der Waals surface area contributed by atoms with Crippen LogP contribution in [-0.2, 0) is 4.79 Å². The summed E-state index contributed by atoms with van der Waals surface area (Å²) in [4.78, 5) is 13.0. The number of rotatable bonds is 2. The number of nitriles is 1. The van der Waals surface area contributed by atoms with E-state index in [-0.39, 0.29) is 19.1 Å². The van der Waals surface area contributed by atoms with Gasteiger partial charge < -0.3 is 10.1 Å². The van der Waals surface area contributed by atoms with Crippen LogP contribution in [0.1, 0.15) is 0 Å². The largest absolute Gasteiger partial charge is 0.482 e. The number of carbonyl (C=O) groups excluding carboxylic acids is 1. The van der Waals surface area contributed by atoms with Gasteiger partial charge in [-0.1, -0.05) is 0 Å². The lowest BCUT2D eigenvalue weighted by atomic mass is 10.2. The molecule has 0 bridgehead atoms. The molecule has 1 aromatic rings. The molecule has 82 valence electrons. The predicted molar refractivity (Wildman–Crippen MR) is 59.4 cm³/mol. The lowest BCUT2D eigenvalue weighted by Gasteiger charge is -2.27. The fourth-order valence-electron chi connectivity index (χ4n) is 1.60. The smallest absolute Gasteiger partial charge is 0.265 e. The summed E-state index contributed by atoms with van der Waals surface area (Å²) in [5.74, 6) is 0.441. The molecule has 1 heterocycles. The van der Waals surface area contributed by atoms with Crippen LogP contribution in [0.25, 0.3) is 0 Å². The van der Waals surface area contributed by atoms with E-state index >= 15 is 0 Å². The zero-order chi connectivity index (χ0) is 11.5. The Kier molecular flexibility index (Phi) is 2.64. The molecular weight excluding hydrogens is 206 g/mol. The van der Waals surface area contributed by atoms with Gasteiger partial charge in [-0.25, -0.2) is 0 Å². The average Bonchev–Trinajstić information content (AvgIpc) is 2.32. The van der Waals surface area contributed by atoms with E-state index in [4.69, 9.17) is 10.00 Å². The highest BCUT2D eigenvalue weighted by atomic mass is 16.5. The molecule has 5 nitrogen and oxygen atoms in total. The SMILES string of the molecule is CNc1ccc2c(c1)N(CC#N)C(=O)CO2. The van der Waals surface area contributed by atoms with Crippen LogP contribution >= 0.6 is 0 Å². The monoisotopic (exact) mass is 217 g/mol. The van der Waals surface area contributed by atoms with Gasteiger partial charge in [0, 0.05) is 12.7 Å². The van der Waals surface area contributed by atoms with Crippen LogP contribution in [0, 0.1) is 11.3 Å². The van der Waals surface area contributed by atoms with Crippen LogP contribution in [0.15, 0.2) is 18.2 Å². The molecule has 16 heavy (non-hydrogen) atoms. The molecule has 1 amide bonds. The van der Waals surface area contributed by atoms with Crippen LogP contribution in [0.4, 0.5) is 11.4 Å². The molecule has 1 aromatic carbocycles. The topological polar surface area (TPSA) is 65.4 Å². The first kappa shape index (κ1) is 10.3. The van der Waals surface area contributed by atoms with Gasteiger partial charge in [-0.3, -0.25) is 9.69 Å². The zero-order valence-corrected chi connectivity index (χ0v) is 8.86. The summed E-state index contributed by atoms with van der Waals surface area (Å²) in [6.45, 7) is 0.0376. The van der Waals surface area contributed by atoms with Gasteiger partial charge in [-0.15, -0.1) is 0 Å². The van der Waals surface area contributed by atoms with Crippen molar-refractivity contribution in [2.24, 2.45) is 0 Å². The molecule has 0 saturated heterocycles. The van der Waals surface area contributed by atoms with Crippen molar-refractivity contribution in [2.45, 2.75) is 0 Å². The van der Waals surface area contributed by atoms with Crippen molar-refractivity contribution in [1.29, 1.82) is 5.26 Å². The molecule has 1 N–H and O–H groups in total. The molecule has 0 fully saturated rings. The molecule has 5 heteroatoms. The van der Waals surface area contributed by atoms with Gasteiger partial charge in [0.15, 0.2) is 6.61 Å². The van der Waals surface area contributed by atoms with Crippen LogP contribution in [0.5, 0.6) is 5.75 Å². The van der Waals surface area contributed by atoms with Crippen LogP contribution in [-0.4, -0.2) is 26.1 Å². The first-order valence-electron chi connectivity index (χ1n) is 4.88. The molecule has 0 atom stereocenters. The highest BCUT2D eigenvalue weighted by molar-refractivity contribution is 5.98. The van der Waals surface area contributed by atoms with Crippen molar-refractivity contribution < 1.29 is 9.53 Å². The Bertz CT molecular complexity index is 465. The van der Waals surface area contributed by atoms with Gasteiger partial charge in [-0.05, 0) is 18.2 Å². The molecule has 2 rings (SSSR count). The first-order chi connectivity index (χ1) is 7.76. The van der Waals surface area contributed by atoms with Crippen LogP contribution < -0.4 is 15.0 Å². The Morgan fingerprint density at radius 2 is 2.44 bits per heavy atom. The Hall–Kier alpha value is -2.22. The molecule has 0 spiro atoms. The normalized spacial score (nSPS) is 13.8. The molecule has 0 saturated carbocycles. The lowest BCUT2D eigenvalue weighted by Crippen LogP contribution is -2.39. The van der Waals surface area contributed by atoms with Gasteiger partial charge in [0.05, 0.1) is 11.8 Å². The number of nitrogens with zero attached hydrogens (tertiary/aromatic N) is 2. The molecule has 0 radical (unpaired) electrons. The second kappa shape index (κ2) is 4.11. The molecular formula is C11H11N3O2. The van der Waals surface area contributed by atoms with Crippen molar-refractivity contribution >= 4 is 17.3 Å². The number of carbonyl (C=O) groups is 1. The summed E-state index contributed by atoms with van der Waals surface area (Å²) in [5.41, 5.74) is 1.52. The number of hydrogen-bond donors (Lipinski definition) is 1. The second-order valence-electron chi connectivity index (χ2n) is 3.36. The van der Waals surface area contributed by atoms with E-state index in [0.29, 0.717) is 11.4 Å². The minimum Gasteiger partial charge on any atom is -0.482 e. The zero-order valence-electron chi connectivity index (χ0n) is 8.86. The molecule has 0 aliphatic carbocycles. The van der Waals surface area contributed by atoms with Crippen LogP contribution in [0.3, 0.4) is 0 Å². The van der Waals surface area contributed by atoms with Gasteiger partial charge in [0.25, 0.3) is 5.91 Å². The number of fused-ring (bicyclic) bond motifs is 1. The first-order valence-corrected chi connectivity index (χ1v) is 4.88. The summed E-state index contributed by atoms with van der Waals surface area (Å²) in [5, 5.41) is 11.7. The molecule has 0 unspecified atom stereocenters. The van der Waals surface area contributed by atoms with Gasteiger partial charge in [-0.2, -0.15) is 5.26 Å². The van der Waals surface area contributed by atoms with E-state index in [1.807, 2.05) is 12.1 Å². The second-order valence-corrected chi connectivity index (χ2v) is 3.36. The van der Waals surface area contributed by atoms with Crippen molar-refractivity contribution in [3.05, 3.63) is 18.2 Å². The Balaban J connectivity index is 2.44. The summed E-state index contributed by atoms with van der Waals surface area (Å²) in [7, 11) is 1.79. The van der Waals surface area contributed by atoms with E-state index in [0.717, 1.165) is 5.69 Å². The van der Waals surface area contributed by atoms with E-state index < -0.39 is 0 Å². The lowest BCUT2D eigenvalue weighted by molar-refractivity contribution is -0.121. The maximum absolute atomic E-state index is 11.6. The maximum atomic E-state index is 11.6. The molecule has 0 aromatic heterocycles. The number of nitrogens with one attached hydrogen (secondary N) is 1. The van der Waals surface area contributed by atoms with Crippen molar-refractivity contribution in [2.75, 3.05) is 30.4 Å². The summed E-state index contributed by atoms with van der Waals surface area (Å²) < 4.78 is 5.28. The Morgan fingerprint density at radius 3 is 3.12 bits per heavy atom. The molecule has 1 aliphatic rings. The number of anilines is 2. The maximum Gasteiger partial charge on any atom is 0.265 e. The number of amides is 1. The Labute approximate surface area is 93.2 Å². The third kappa shape index (κ3) is 1.65. The highest BCUT2D eigenvalue weighted by Crippen LogP contribution is 2.34. The van der Waals surface area contributed by atoms with Crippen molar-refractivity contribution in [3.8, 4) is 11.8 Å². The van der Waals surface area contributed by atoms with E-state index in [1.165, 1.54) is 4.90 Å². The predicted octanol–water partition coefficient (Wildman–Crippen LogP) is 0.977. The summed E-state index contributed by atoms with van der Waals surface area (Å²) in [6.07, 6.45) is 0. The quantitative estimate of drug-likeness (QED) is 0.750. The fourth-order valence-corrected chi connectivity index (χ4v) is 1.60. The molecule has 1 aliphatic heterocycles. The van der Waals surface area contributed by atoms with Gasteiger partial charge in [0.2, 0.25) is 0 Å². The van der Waals surface area contributed by atoms with E-state index in [2.05, 4.69) is 5.32 Å². The van der Waals surface area contributed by atoms with Gasteiger partial charge in [0.1, 0.15) is 12.3 Å². The number of hydrogen-bond acceptors (Lipinski definition) is 4. The Morgan fingerprint density at radius 1 is 1.62 bits per heavy atom. The number of ether oxygens (including phenoxy) is 1. The highest BCUT2D eigenvalue weighted by Gasteiger charge is 2.25. The summed E-state index contributed by atoms with van der Waals surface area (Å²) >= 11 is 0. The third-order valence-electron chi connectivity index (χ3n) is 2.42. The van der Waals surface area contributed by atoms with Gasteiger partial charge >= 0.3 is 0 Å². The number of benzene rings is 1. The fraction of sp³-hybridized carbons (Fsp3) is 0.273. The van der Waals surface area contributed by atoms with Crippen LogP contribution in [0.2, 0.25) is 0 Å². The van der Waals surface area contributed by atoms with E-state index in [1.54, 1.807) is 19.2 Å². The minimum absolute atomic E-state index is 0.00637. The standard InChI is InChI=1S/C11H11N3O2/c1-13-8-2-3-10-9(6-8)14(5-4-12)11(15)7-16-10/h2-3,6,13H,5,7H2,1H3. The average molecular weight is 217 g/mol. The van der Waals surface area contributed by atoms with Crippen molar-refractivity contribution in [1.82, 2.24) is 0 Å². The van der Waals surface area contributed by atoms with Crippen molar-refractivity contribution in [3.63, 3.8) is 0 Å². The summed E-state index contributed by atoms with van der Waals surface area (Å²) in [6, 6.07) is 7.42.